The molecule has 1 fully saturated rings. The molecule has 8 heteroatoms. The Bertz CT molecular complexity index is 565. The quantitative estimate of drug-likeness (QED) is 0.639. The molecule has 0 saturated carbocycles. The fraction of sp³-hybridized carbons (Fsp3) is 0.571. The topological polar surface area (TPSA) is 56.8 Å². The summed E-state index contributed by atoms with van der Waals surface area (Å²) in [6.07, 6.45) is 0. The lowest BCUT2D eigenvalue weighted by molar-refractivity contribution is 0.0601. The van der Waals surface area contributed by atoms with Crippen molar-refractivity contribution >= 4 is 39.6 Å². The van der Waals surface area contributed by atoms with Crippen LogP contribution in [-0.2, 0) is 4.74 Å². The normalized spacial score (nSPS) is 16.4. The van der Waals surface area contributed by atoms with Crippen molar-refractivity contribution in [3.8, 4) is 0 Å². The monoisotopic (exact) mass is 342 g/mol. The van der Waals surface area contributed by atoms with Crippen molar-refractivity contribution in [2.75, 3.05) is 45.7 Å². The number of hydrogen-bond acceptors (Lipinski definition) is 6. The third-order valence-corrected chi connectivity index (χ3v) is 5.08. The molecule has 0 unspecified atom stereocenters. The summed E-state index contributed by atoms with van der Waals surface area (Å²) >= 11 is 6.87. The zero-order chi connectivity index (χ0) is 16.3. The third-order valence-electron chi connectivity index (χ3n) is 3.76. The van der Waals surface area contributed by atoms with Crippen molar-refractivity contribution in [1.82, 2.24) is 15.3 Å². The first-order chi connectivity index (χ1) is 10.4. The second-order valence-electron chi connectivity index (χ2n) is 5.34. The molecule has 2 rings (SSSR count). The number of nitrogens with zero attached hydrogens (tertiary/aromatic N) is 2. The maximum atomic E-state index is 11.9. The van der Waals surface area contributed by atoms with Crippen LogP contribution in [0, 0.1) is 13.8 Å². The number of methoxy groups -OCH3 is 1. The number of rotatable bonds is 3. The first kappa shape index (κ1) is 17.1. The molecule has 0 radical (unpaired) electrons. The average molecular weight is 342 g/mol. The molecular formula is C14H22N4O2S2. The van der Waals surface area contributed by atoms with Gasteiger partial charge in [0.05, 0.1) is 12.7 Å². The summed E-state index contributed by atoms with van der Waals surface area (Å²) in [5, 5.41) is 6.44. The van der Waals surface area contributed by atoms with Crippen molar-refractivity contribution in [2.45, 2.75) is 13.8 Å². The van der Waals surface area contributed by atoms with Gasteiger partial charge in [-0.15, -0.1) is 11.3 Å². The number of anilines is 1. The van der Waals surface area contributed by atoms with E-state index in [2.05, 4.69) is 27.7 Å². The van der Waals surface area contributed by atoms with E-state index >= 15 is 0 Å². The molecule has 2 heterocycles. The van der Waals surface area contributed by atoms with Crippen LogP contribution in [0.4, 0.5) is 5.00 Å². The maximum Gasteiger partial charge on any atom is 0.341 e. The minimum Gasteiger partial charge on any atom is -0.465 e. The number of aryl methyl sites for hydroxylation is 1. The highest BCUT2D eigenvalue weighted by Crippen LogP contribution is 2.32. The number of piperazine rings is 1. The number of hydrazine groups is 1. The first-order valence-corrected chi connectivity index (χ1v) is 8.34. The number of thiophene rings is 1. The van der Waals surface area contributed by atoms with Crippen LogP contribution in [0.25, 0.3) is 0 Å². The van der Waals surface area contributed by atoms with Gasteiger partial charge in [0.15, 0.2) is 5.11 Å². The predicted molar refractivity (Wildman–Crippen MR) is 93.6 cm³/mol. The van der Waals surface area contributed by atoms with Gasteiger partial charge in [0, 0.05) is 31.1 Å². The second kappa shape index (κ2) is 7.36. The minimum absolute atomic E-state index is 0.341. The molecule has 22 heavy (non-hydrogen) atoms. The molecule has 0 atom stereocenters. The van der Waals surface area contributed by atoms with Crippen molar-refractivity contribution in [2.24, 2.45) is 0 Å². The zero-order valence-corrected chi connectivity index (χ0v) is 15.0. The number of likely N-dealkylation sites (N-methyl/N-ethyl adjacent to an activating group) is 1. The molecule has 122 valence electrons. The summed E-state index contributed by atoms with van der Waals surface area (Å²) < 4.78 is 4.86. The minimum atomic E-state index is -0.341. The van der Waals surface area contributed by atoms with Gasteiger partial charge in [-0.25, -0.2) is 9.80 Å². The molecular weight excluding hydrogens is 320 g/mol. The molecule has 1 aromatic heterocycles. The lowest BCUT2D eigenvalue weighted by Crippen LogP contribution is -2.53. The molecule has 1 aliphatic rings. The van der Waals surface area contributed by atoms with Gasteiger partial charge in [-0.05, 0) is 38.7 Å². The van der Waals surface area contributed by atoms with Gasteiger partial charge in [0.25, 0.3) is 0 Å². The first-order valence-electron chi connectivity index (χ1n) is 7.11. The maximum absolute atomic E-state index is 11.9. The van der Waals surface area contributed by atoms with Gasteiger partial charge >= 0.3 is 5.97 Å². The van der Waals surface area contributed by atoms with Gasteiger partial charge in [0.1, 0.15) is 5.00 Å². The molecule has 1 aromatic rings. The number of nitrogens with one attached hydrogen (secondary N) is 2. The number of carbonyl (C=O) groups excluding carboxylic acids is 1. The highest BCUT2D eigenvalue weighted by Gasteiger charge is 2.21. The average Bonchev–Trinajstić information content (AvgIpc) is 2.75. The van der Waals surface area contributed by atoms with E-state index in [1.165, 1.54) is 18.4 Å². The molecule has 1 aliphatic heterocycles. The number of esters is 1. The number of ether oxygens (including phenoxy) is 1. The van der Waals surface area contributed by atoms with E-state index in [0.29, 0.717) is 10.7 Å². The Hall–Kier alpha value is -1.22. The van der Waals surface area contributed by atoms with E-state index in [9.17, 15) is 4.79 Å². The molecule has 0 spiro atoms. The van der Waals surface area contributed by atoms with Gasteiger partial charge < -0.3 is 15.0 Å². The van der Waals surface area contributed by atoms with Crippen LogP contribution >= 0.6 is 23.6 Å². The van der Waals surface area contributed by atoms with Crippen molar-refractivity contribution < 1.29 is 9.53 Å². The largest absolute Gasteiger partial charge is 0.465 e. The summed E-state index contributed by atoms with van der Waals surface area (Å²) in [5.74, 6) is -0.341. The Labute approximate surface area is 140 Å². The summed E-state index contributed by atoms with van der Waals surface area (Å²) in [7, 11) is 3.49. The second-order valence-corrected chi connectivity index (χ2v) is 6.97. The van der Waals surface area contributed by atoms with Crippen molar-refractivity contribution in [3.63, 3.8) is 0 Å². The number of thiocarbonyl (C=S) groups is 1. The van der Waals surface area contributed by atoms with Crippen LogP contribution in [-0.4, -0.2) is 61.3 Å². The van der Waals surface area contributed by atoms with Crippen molar-refractivity contribution in [1.29, 1.82) is 0 Å². The van der Waals surface area contributed by atoms with Crippen LogP contribution < -0.4 is 10.7 Å². The Morgan fingerprint density at radius 2 is 1.91 bits per heavy atom. The lowest BCUT2D eigenvalue weighted by Gasteiger charge is -2.33. The highest BCUT2D eigenvalue weighted by atomic mass is 32.1. The van der Waals surface area contributed by atoms with Crippen LogP contribution in [0.1, 0.15) is 20.8 Å². The lowest BCUT2D eigenvalue weighted by atomic mass is 10.1. The molecule has 0 bridgehead atoms. The fourth-order valence-corrected chi connectivity index (χ4v) is 3.60. The smallest absolute Gasteiger partial charge is 0.341 e. The molecule has 2 N–H and O–H groups in total. The Balaban J connectivity index is 2.02. The predicted octanol–water partition coefficient (Wildman–Crippen LogP) is 1.60. The third kappa shape index (κ3) is 3.95. The zero-order valence-electron chi connectivity index (χ0n) is 13.4. The summed E-state index contributed by atoms with van der Waals surface area (Å²) in [4.78, 5) is 15.3. The van der Waals surface area contributed by atoms with E-state index in [1.807, 2.05) is 13.8 Å². The Morgan fingerprint density at radius 3 is 2.50 bits per heavy atom. The van der Waals surface area contributed by atoms with Gasteiger partial charge in [0.2, 0.25) is 0 Å². The van der Waals surface area contributed by atoms with E-state index in [4.69, 9.17) is 17.0 Å². The van der Waals surface area contributed by atoms with Gasteiger partial charge in [-0.3, -0.25) is 5.43 Å². The summed E-state index contributed by atoms with van der Waals surface area (Å²) in [6.45, 7) is 7.71. The van der Waals surface area contributed by atoms with E-state index in [-0.39, 0.29) is 5.97 Å². The number of hydrogen-bond donors (Lipinski definition) is 2. The molecule has 0 aromatic carbocycles. The van der Waals surface area contributed by atoms with Crippen LogP contribution in [0.2, 0.25) is 0 Å². The molecule has 1 saturated heterocycles. The Kier molecular flexibility index (Phi) is 5.74. The van der Waals surface area contributed by atoms with Crippen LogP contribution in [0.3, 0.4) is 0 Å². The number of carbonyl (C=O) groups is 1. The summed E-state index contributed by atoms with van der Waals surface area (Å²) in [5.41, 5.74) is 4.68. The molecule has 6 nitrogen and oxygen atoms in total. The van der Waals surface area contributed by atoms with E-state index in [0.717, 1.165) is 41.6 Å². The van der Waals surface area contributed by atoms with E-state index in [1.54, 1.807) is 0 Å². The van der Waals surface area contributed by atoms with Gasteiger partial charge in [-0.1, -0.05) is 0 Å². The Morgan fingerprint density at radius 1 is 1.27 bits per heavy atom. The highest BCUT2D eigenvalue weighted by molar-refractivity contribution is 7.80. The van der Waals surface area contributed by atoms with Crippen LogP contribution in [0.5, 0.6) is 0 Å². The van der Waals surface area contributed by atoms with Crippen molar-refractivity contribution in [3.05, 3.63) is 16.0 Å². The molecule has 0 amide bonds. The van der Waals surface area contributed by atoms with Gasteiger partial charge in [-0.2, -0.15) is 0 Å². The standard InChI is InChI=1S/C14H22N4O2S2/c1-9-10(2)22-12(11(9)13(19)20-4)15-14(21)16-18-7-5-17(3)6-8-18/h5-8H2,1-4H3,(H2,15,16,21). The molecule has 0 aliphatic carbocycles. The van der Waals surface area contributed by atoms with E-state index < -0.39 is 0 Å². The summed E-state index contributed by atoms with van der Waals surface area (Å²) in [6, 6.07) is 0. The SMILES string of the molecule is COC(=O)c1c(NC(=S)NN2CCN(C)CC2)sc(C)c1C. The van der Waals surface area contributed by atoms with Crippen LogP contribution in [0.15, 0.2) is 0 Å². The fourth-order valence-electron chi connectivity index (χ4n) is 2.26.